The Kier molecular flexibility index (Phi) is 8.97. The van der Waals surface area contributed by atoms with Crippen molar-refractivity contribution in [3.05, 3.63) is 87.2 Å². The van der Waals surface area contributed by atoms with E-state index in [1.165, 1.54) is 43.4 Å². The van der Waals surface area contributed by atoms with Crippen molar-refractivity contribution in [2.45, 2.75) is 52.3 Å². The third-order valence-electron chi connectivity index (χ3n) is 10.4. The Hall–Kier alpha value is -2.06. The van der Waals surface area contributed by atoms with Gasteiger partial charge in [0.2, 0.25) is 20.0 Å². The van der Waals surface area contributed by atoms with Crippen LogP contribution in [-0.2, 0) is 29.7 Å². The molecule has 3 saturated heterocycles. The normalized spacial score (nSPS) is 27.0. The zero-order valence-corrected chi connectivity index (χ0v) is 32.9. The lowest BCUT2D eigenvalue weighted by Gasteiger charge is -2.53. The number of halogens is 3. The number of thiophene rings is 1. The lowest BCUT2D eigenvalue weighted by atomic mass is 9.88. The Balaban J connectivity index is 1.09. The number of ether oxygens (including phenoxy) is 1. The molecule has 0 radical (unpaired) electrons. The molecular weight excluding hydrogens is 858 g/mol. The van der Waals surface area contributed by atoms with Gasteiger partial charge in [-0.3, -0.25) is 0 Å². The van der Waals surface area contributed by atoms with Crippen LogP contribution in [0.4, 0.5) is 4.79 Å². The van der Waals surface area contributed by atoms with Gasteiger partial charge in [-0.15, -0.1) is 11.3 Å². The van der Waals surface area contributed by atoms with Crippen molar-refractivity contribution < 1.29 is 35.8 Å². The fraction of sp³-hybridized carbons (Fsp3) is 0.406. The van der Waals surface area contributed by atoms with Crippen LogP contribution in [0.2, 0.25) is 0 Å². The fourth-order valence-corrected chi connectivity index (χ4v) is 13.7. The molecule has 1 aromatic heterocycles. The first-order valence-electron chi connectivity index (χ1n) is 16.2. The van der Waals surface area contributed by atoms with Crippen molar-refractivity contribution in [2.24, 2.45) is 0 Å². The van der Waals surface area contributed by atoms with Gasteiger partial charge < -0.3 is 4.74 Å². The number of hydrogen-bond acceptors (Lipinski definition) is 10. The molecule has 1 amide bonds. The van der Waals surface area contributed by atoms with Gasteiger partial charge in [-0.05, 0) is 30.4 Å². The number of carbonyl (C=O) groups excluding carboxylic acids is 1. The number of amides is 1. The number of cyclic esters (lactones) is 1. The Morgan fingerprint density at radius 1 is 0.960 bits per heavy atom. The van der Waals surface area contributed by atoms with E-state index in [9.17, 15) is 21.6 Å². The van der Waals surface area contributed by atoms with Gasteiger partial charge in [-0.2, -0.15) is 27.9 Å². The number of fused-ring (bicyclic) bond motifs is 3. The van der Waals surface area contributed by atoms with Crippen LogP contribution >= 0.6 is 54.8 Å². The molecule has 6 heterocycles. The summed E-state index contributed by atoms with van der Waals surface area (Å²) in [6.07, 6.45) is 10.4. The summed E-state index contributed by atoms with van der Waals surface area (Å²) in [5.41, 5.74) is 4.60. The highest BCUT2D eigenvalue weighted by Gasteiger charge is 2.60. The number of hydroxylamine groups is 3. The molecule has 5 aliphatic heterocycles. The maximum Gasteiger partial charge on any atom is 0.522 e. The third-order valence-corrected chi connectivity index (χ3v) is 16.8. The van der Waals surface area contributed by atoms with E-state index in [0.29, 0.717) is 42.4 Å². The summed E-state index contributed by atoms with van der Waals surface area (Å²) in [5, 5.41) is 3.86. The Bertz CT molecular complexity index is 2150. The van der Waals surface area contributed by atoms with Crippen LogP contribution in [0.5, 0.6) is 0 Å². The largest absolute Gasteiger partial charge is 0.522 e. The summed E-state index contributed by atoms with van der Waals surface area (Å²) < 4.78 is 65.1. The summed E-state index contributed by atoms with van der Waals surface area (Å²) in [7, 11) is -7.72. The molecule has 1 unspecified atom stereocenters. The topological polar surface area (TPSA) is 126 Å². The monoisotopic (exact) mass is 888 g/mol. The summed E-state index contributed by atoms with van der Waals surface area (Å²) in [6, 6.07) is 6.92. The SMILES string of the molecule is O=C1OCC2=CC(Br)(Br)CC=C2[N+]1(C1CCN(S(=O)(=O)C2=CC=C(Cl)N3ONC=C23)CC1)C1CCN(S(=O)(=O)c2csc3ccccc23)CC1. The van der Waals surface area contributed by atoms with Gasteiger partial charge in [0.1, 0.15) is 48.3 Å². The lowest BCUT2D eigenvalue weighted by Crippen LogP contribution is -2.69. The lowest BCUT2D eigenvalue weighted by molar-refractivity contribution is -0.875. The number of alkyl halides is 2. The van der Waals surface area contributed by atoms with Gasteiger partial charge in [0.05, 0.1) is 6.20 Å². The second-order valence-corrected chi connectivity index (χ2v) is 22.0. The highest BCUT2D eigenvalue weighted by Crippen LogP contribution is 2.49. The number of allylic oxidation sites excluding steroid dienone is 4. The maximum atomic E-state index is 14.4. The minimum absolute atomic E-state index is 0.0600. The molecule has 50 heavy (non-hydrogen) atoms. The fourth-order valence-electron chi connectivity index (χ4n) is 8.09. The minimum atomic E-state index is -3.95. The first-order chi connectivity index (χ1) is 23.8. The van der Waals surface area contributed by atoms with Crippen LogP contribution in [0.15, 0.2) is 92.1 Å². The van der Waals surface area contributed by atoms with Crippen molar-refractivity contribution in [1.82, 2.24) is 19.2 Å². The molecule has 0 bridgehead atoms. The molecule has 1 aliphatic carbocycles. The van der Waals surface area contributed by atoms with Crippen molar-refractivity contribution in [3.8, 4) is 0 Å². The first kappa shape index (κ1) is 35.0. The number of sulfonamides is 2. The highest BCUT2D eigenvalue weighted by atomic mass is 79.9. The van der Waals surface area contributed by atoms with Crippen LogP contribution in [0.1, 0.15) is 32.1 Å². The molecule has 1 N–H and O–H groups in total. The predicted molar refractivity (Wildman–Crippen MR) is 196 cm³/mol. The molecule has 0 spiro atoms. The van der Waals surface area contributed by atoms with E-state index in [2.05, 4.69) is 43.4 Å². The van der Waals surface area contributed by atoms with E-state index in [1.807, 2.05) is 30.3 Å². The quantitative estimate of drug-likeness (QED) is 0.209. The third kappa shape index (κ3) is 5.58. The van der Waals surface area contributed by atoms with Gasteiger partial charge in [-0.25, -0.2) is 22.3 Å². The number of nitrogens with zero attached hydrogens (tertiary/aromatic N) is 4. The number of hydrogen-bond donors (Lipinski definition) is 1. The van der Waals surface area contributed by atoms with E-state index >= 15 is 0 Å². The Morgan fingerprint density at radius 2 is 1.62 bits per heavy atom. The van der Waals surface area contributed by atoms with Gasteiger partial charge in [0, 0.05) is 79.3 Å². The number of quaternary nitrogens is 1. The molecular formula is C32H33Br2ClN5O7S3+. The van der Waals surface area contributed by atoms with E-state index < -0.39 is 23.3 Å². The minimum Gasteiger partial charge on any atom is -0.415 e. The molecule has 8 rings (SSSR count). The van der Waals surface area contributed by atoms with Crippen LogP contribution in [0.25, 0.3) is 10.1 Å². The smallest absolute Gasteiger partial charge is 0.415 e. The van der Waals surface area contributed by atoms with Gasteiger partial charge in [0.15, 0.2) is 0 Å². The van der Waals surface area contributed by atoms with Gasteiger partial charge in [-0.1, -0.05) is 61.7 Å². The molecule has 1 atom stereocenters. The molecule has 6 aliphatic rings. The zero-order valence-electron chi connectivity index (χ0n) is 26.5. The molecule has 18 heteroatoms. The predicted octanol–water partition coefficient (Wildman–Crippen LogP) is 6.09. The van der Waals surface area contributed by atoms with Crippen molar-refractivity contribution in [1.29, 1.82) is 0 Å². The number of rotatable bonds is 6. The van der Waals surface area contributed by atoms with E-state index in [0.717, 1.165) is 16.0 Å². The maximum absolute atomic E-state index is 14.4. The van der Waals surface area contributed by atoms with Crippen LogP contribution < -0.4 is 5.48 Å². The van der Waals surface area contributed by atoms with E-state index in [-0.39, 0.29) is 71.2 Å². The van der Waals surface area contributed by atoms with Crippen molar-refractivity contribution in [3.63, 3.8) is 0 Å². The van der Waals surface area contributed by atoms with Gasteiger partial charge in [0.25, 0.3) is 0 Å². The number of benzene rings is 1. The standard InChI is InChI=1S/C32H33Br2ClN5O7S3/c33-32(34)12-7-26-21(17-32)19-46-31(41)40(26,23-10-15-38(16-11-23)50(44,45)29-20-48-27-4-2-1-3-24(27)29)22-8-13-37(14-9-22)49(42,43)28-5-6-30(35)39-25(28)18-36-47-39/h1-7,17-18,20,22-23,36H,8-16,19H2/q+1. The molecule has 3 fully saturated rings. The van der Waals surface area contributed by atoms with E-state index in [1.54, 1.807) is 5.38 Å². The van der Waals surface area contributed by atoms with Crippen LogP contribution in [0.3, 0.4) is 0 Å². The average molecular weight is 891 g/mol. The zero-order chi connectivity index (χ0) is 35.1. The Morgan fingerprint density at radius 3 is 2.32 bits per heavy atom. The average Bonchev–Trinajstić information content (AvgIpc) is 3.78. The summed E-state index contributed by atoms with van der Waals surface area (Å²) in [5.74, 6) is 0. The molecule has 0 saturated carbocycles. The number of carbonyl (C=O) groups is 1. The first-order valence-corrected chi connectivity index (χ1v) is 21.9. The summed E-state index contributed by atoms with van der Waals surface area (Å²) >= 11 is 15.1. The Labute approximate surface area is 316 Å². The highest BCUT2D eigenvalue weighted by molar-refractivity contribution is 9.25. The van der Waals surface area contributed by atoms with Crippen molar-refractivity contribution in [2.75, 3.05) is 32.8 Å². The summed E-state index contributed by atoms with van der Waals surface area (Å²) in [4.78, 5) is 20.0. The van der Waals surface area contributed by atoms with E-state index in [4.69, 9.17) is 21.3 Å². The number of nitrogens with one attached hydrogen (secondary N) is 1. The second-order valence-electron chi connectivity index (χ2n) is 13.0. The van der Waals surface area contributed by atoms with Crippen LogP contribution in [-0.4, -0.2) is 89.2 Å². The molecule has 2 aromatic rings. The van der Waals surface area contributed by atoms with Crippen LogP contribution in [0, 0.1) is 0 Å². The summed E-state index contributed by atoms with van der Waals surface area (Å²) in [6.45, 7) is 0.985. The van der Waals surface area contributed by atoms with Crippen molar-refractivity contribution >= 4 is 91.0 Å². The molecule has 12 nitrogen and oxygen atoms in total. The molecule has 1 aromatic carbocycles. The number of piperidine rings is 2. The second kappa shape index (κ2) is 12.8. The molecule has 266 valence electrons. The van der Waals surface area contributed by atoms with Gasteiger partial charge >= 0.3 is 6.09 Å².